The molecule has 2 fully saturated rings. The third kappa shape index (κ3) is 3.46. The van der Waals surface area contributed by atoms with Gasteiger partial charge in [-0.05, 0) is 55.4 Å². The molecule has 20 heavy (non-hydrogen) atoms. The molecule has 3 nitrogen and oxygen atoms in total. The summed E-state index contributed by atoms with van der Waals surface area (Å²) in [6.07, 6.45) is 4.70. The first-order chi connectivity index (χ1) is 9.76. The molecular formula is C16H23ClN2O. The van der Waals surface area contributed by atoms with Gasteiger partial charge >= 0.3 is 0 Å². The monoisotopic (exact) mass is 294 g/mol. The molecule has 2 aliphatic rings. The second-order valence-electron chi connectivity index (χ2n) is 6.04. The summed E-state index contributed by atoms with van der Waals surface area (Å²) in [5, 5.41) is 13.5. The highest BCUT2D eigenvalue weighted by Gasteiger charge is 2.25. The Morgan fingerprint density at radius 3 is 2.90 bits per heavy atom. The van der Waals surface area contributed by atoms with Gasteiger partial charge in [0.05, 0.1) is 0 Å². The maximum absolute atomic E-state index is 9.08. The van der Waals surface area contributed by atoms with Crippen molar-refractivity contribution in [1.29, 1.82) is 0 Å². The van der Waals surface area contributed by atoms with Gasteiger partial charge in [-0.3, -0.25) is 0 Å². The minimum absolute atomic E-state index is 0.301. The van der Waals surface area contributed by atoms with Gasteiger partial charge in [-0.1, -0.05) is 11.6 Å². The molecule has 1 atom stereocenters. The first kappa shape index (κ1) is 14.2. The Labute approximate surface area is 125 Å². The highest BCUT2D eigenvalue weighted by molar-refractivity contribution is 6.30. The second-order valence-corrected chi connectivity index (χ2v) is 6.48. The van der Waals surface area contributed by atoms with Crippen molar-refractivity contribution < 1.29 is 5.11 Å². The number of benzene rings is 1. The number of nitrogens with zero attached hydrogens (tertiary/aromatic N) is 1. The SMILES string of the molecule is OCCC1CCN(c2ccc(Cl)cc2CNC2CC2)C1. The van der Waals surface area contributed by atoms with Crippen molar-refractivity contribution in [2.75, 3.05) is 24.6 Å². The molecule has 0 radical (unpaired) electrons. The smallest absolute Gasteiger partial charge is 0.0434 e. The van der Waals surface area contributed by atoms with Crippen molar-refractivity contribution in [3.8, 4) is 0 Å². The van der Waals surface area contributed by atoms with Gasteiger partial charge in [0, 0.05) is 43.0 Å². The third-order valence-electron chi connectivity index (χ3n) is 4.36. The molecule has 1 heterocycles. The standard InChI is InChI=1S/C16H23ClN2O/c17-14-1-4-16(13(9-14)10-18-15-2-3-15)19-7-5-12(11-19)6-8-20/h1,4,9,12,15,18,20H,2-3,5-8,10-11H2. The van der Waals surface area contributed by atoms with Crippen LogP contribution in [0.25, 0.3) is 0 Å². The van der Waals surface area contributed by atoms with Crippen LogP contribution < -0.4 is 10.2 Å². The molecule has 0 spiro atoms. The normalized spacial score (nSPS) is 22.5. The number of rotatable bonds is 6. The predicted molar refractivity (Wildman–Crippen MR) is 83.3 cm³/mol. The van der Waals surface area contributed by atoms with Crippen LogP contribution in [0.3, 0.4) is 0 Å². The van der Waals surface area contributed by atoms with E-state index < -0.39 is 0 Å². The number of hydrogen-bond donors (Lipinski definition) is 2. The lowest BCUT2D eigenvalue weighted by molar-refractivity contribution is 0.263. The fourth-order valence-corrected chi connectivity index (χ4v) is 3.21. The summed E-state index contributed by atoms with van der Waals surface area (Å²) in [6, 6.07) is 6.93. The number of anilines is 1. The zero-order valence-corrected chi connectivity index (χ0v) is 12.6. The maximum Gasteiger partial charge on any atom is 0.0434 e. The Hall–Kier alpha value is -0.770. The van der Waals surface area contributed by atoms with Gasteiger partial charge in [-0.2, -0.15) is 0 Å². The molecule has 1 saturated carbocycles. The van der Waals surface area contributed by atoms with E-state index in [1.165, 1.54) is 30.5 Å². The lowest BCUT2D eigenvalue weighted by Crippen LogP contribution is -2.23. The molecule has 1 saturated heterocycles. The van der Waals surface area contributed by atoms with E-state index in [9.17, 15) is 0 Å². The molecule has 2 N–H and O–H groups in total. The summed E-state index contributed by atoms with van der Waals surface area (Å²) in [7, 11) is 0. The fourth-order valence-electron chi connectivity index (χ4n) is 3.02. The topological polar surface area (TPSA) is 35.5 Å². The summed E-state index contributed by atoms with van der Waals surface area (Å²) in [6.45, 7) is 3.35. The van der Waals surface area contributed by atoms with Crippen molar-refractivity contribution in [2.24, 2.45) is 5.92 Å². The quantitative estimate of drug-likeness (QED) is 0.847. The number of hydrogen-bond acceptors (Lipinski definition) is 3. The zero-order valence-electron chi connectivity index (χ0n) is 11.8. The van der Waals surface area contributed by atoms with Gasteiger partial charge in [-0.15, -0.1) is 0 Å². The van der Waals surface area contributed by atoms with Crippen LogP contribution in [-0.4, -0.2) is 30.8 Å². The lowest BCUT2D eigenvalue weighted by Gasteiger charge is -2.22. The molecule has 0 aromatic heterocycles. The second kappa shape index (κ2) is 6.33. The van der Waals surface area contributed by atoms with Crippen LogP contribution in [0.2, 0.25) is 5.02 Å². The van der Waals surface area contributed by atoms with E-state index in [-0.39, 0.29) is 0 Å². The van der Waals surface area contributed by atoms with E-state index >= 15 is 0 Å². The summed E-state index contributed by atoms with van der Waals surface area (Å²) in [5.41, 5.74) is 2.61. The number of nitrogens with one attached hydrogen (secondary N) is 1. The Morgan fingerprint density at radius 1 is 1.30 bits per heavy atom. The van der Waals surface area contributed by atoms with Gasteiger partial charge in [0.2, 0.25) is 0 Å². The van der Waals surface area contributed by atoms with Crippen LogP contribution >= 0.6 is 11.6 Å². The molecule has 0 bridgehead atoms. The first-order valence-corrected chi connectivity index (χ1v) is 8.01. The number of halogens is 1. The van der Waals surface area contributed by atoms with Crippen LogP contribution in [0.1, 0.15) is 31.2 Å². The molecule has 110 valence electrons. The fraction of sp³-hybridized carbons (Fsp3) is 0.625. The highest BCUT2D eigenvalue weighted by Crippen LogP contribution is 2.31. The average molecular weight is 295 g/mol. The number of aliphatic hydroxyl groups is 1. The van der Waals surface area contributed by atoms with Crippen molar-refractivity contribution in [1.82, 2.24) is 5.32 Å². The highest BCUT2D eigenvalue weighted by atomic mass is 35.5. The summed E-state index contributed by atoms with van der Waals surface area (Å²) in [4.78, 5) is 2.45. The van der Waals surface area contributed by atoms with Crippen molar-refractivity contribution >= 4 is 17.3 Å². The van der Waals surface area contributed by atoms with E-state index in [1.54, 1.807) is 0 Å². The summed E-state index contributed by atoms with van der Waals surface area (Å²) < 4.78 is 0. The van der Waals surface area contributed by atoms with Gasteiger partial charge in [0.25, 0.3) is 0 Å². The minimum Gasteiger partial charge on any atom is -0.396 e. The van der Waals surface area contributed by atoms with Crippen molar-refractivity contribution in [3.05, 3.63) is 28.8 Å². The molecule has 1 aliphatic carbocycles. The minimum atomic E-state index is 0.301. The van der Waals surface area contributed by atoms with Crippen LogP contribution in [0.4, 0.5) is 5.69 Å². The number of aliphatic hydroxyl groups excluding tert-OH is 1. The average Bonchev–Trinajstić information content (AvgIpc) is 3.16. The summed E-state index contributed by atoms with van der Waals surface area (Å²) >= 11 is 6.15. The van der Waals surface area contributed by atoms with E-state index in [0.29, 0.717) is 18.6 Å². The van der Waals surface area contributed by atoms with Crippen LogP contribution in [0.15, 0.2) is 18.2 Å². The third-order valence-corrected chi connectivity index (χ3v) is 4.60. The van der Waals surface area contributed by atoms with Crippen molar-refractivity contribution in [2.45, 2.75) is 38.3 Å². The Balaban J connectivity index is 1.70. The maximum atomic E-state index is 9.08. The summed E-state index contributed by atoms with van der Waals surface area (Å²) in [5.74, 6) is 0.625. The van der Waals surface area contributed by atoms with E-state index in [0.717, 1.165) is 31.1 Å². The molecule has 0 amide bonds. The molecule has 4 heteroatoms. The zero-order chi connectivity index (χ0) is 13.9. The Bertz CT molecular complexity index is 462. The molecule has 3 rings (SSSR count). The largest absolute Gasteiger partial charge is 0.396 e. The van der Waals surface area contributed by atoms with Gasteiger partial charge in [0.15, 0.2) is 0 Å². The van der Waals surface area contributed by atoms with Crippen LogP contribution in [-0.2, 0) is 6.54 Å². The van der Waals surface area contributed by atoms with Crippen LogP contribution in [0, 0.1) is 5.92 Å². The molecular weight excluding hydrogens is 272 g/mol. The predicted octanol–water partition coefficient (Wildman–Crippen LogP) is 2.80. The van der Waals surface area contributed by atoms with E-state index in [4.69, 9.17) is 16.7 Å². The molecule has 1 aliphatic heterocycles. The van der Waals surface area contributed by atoms with E-state index in [2.05, 4.69) is 22.3 Å². The van der Waals surface area contributed by atoms with E-state index in [1.807, 2.05) is 6.07 Å². The first-order valence-electron chi connectivity index (χ1n) is 7.64. The Kier molecular flexibility index (Phi) is 4.49. The van der Waals surface area contributed by atoms with Crippen LogP contribution in [0.5, 0.6) is 0 Å². The Morgan fingerprint density at radius 2 is 2.15 bits per heavy atom. The molecule has 1 unspecified atom stereocenters. The van der Waals surface area contributed by atoms with Gasteiger partial charge in [0.1, 0.15) is 0 Å². The molecule has 1 aromatic carbocycles. The van der Waals surface area contributed by atoms with Gasteiger partial charge < -0.3 is 15.3 Å². The van der Waals surface area contributed by atoms with Crippen molar-refractivity contribution in [3.63, 3.8) is 0 Å². The van der Waals surface area contributed by atoms with Gasteiger partial charge in [-0.25, -0.2) is 0 Å². The molecule has 1 aromatic rings. The lowest BCUT2D eigenvalue weighted by atomic mass is 10.1.